The molecular formula is C26H27N3O4S. The average molecular weight is 478 g/mol. The van der Waals surface area contributed by atoms with Gasteiger partial charge < -0.3 is 10.6 Å². The summed E-state index contributed by atoms with van der Waals surface area (Å²) in [7, 11) is -4.01. The Bertz CT molecular complexity index is 1340. The molecular weight excluding hydrogens is 450 g/mol. The van der Waals surface area contributed by atoms with Crippen molar-refractivity contribution >= 4 is 33.2 Å². The molecule has 0 spiro atoms. The van der Waals surface area contributed by atoms with Crippen LogP contribution in [0.2, 0.25) is 0 Å². The van der Waals surface area contributed by atoms with Gasteiger partial charge in [0.05, 0.1) is 4.90 Å². The summed E-state index contributed by atoms with van der Waals surface area (Å²) in [6.45, 7) is 3.81. The highest BCUT2D eigenvalue weighted by atomic mass is 32.2. The summed E-state index contributed by atoms with van der Waals surface area (Å²) in [5.74, 6) is -0.529. The van der Waals surface area contributed by atoms with E-state index in [1.54, 1.807) is 12.1 Å². The largest absolute Gasteiger partial charge is 0.326 e. The predicted octanol–water partition coefficient (Wildman–Crippen LogP) is 3.72. The Morgan fingerprint density at radius 2 is 1.76 bits per heavy atom. The second-order valence-electron chi connectivity index (χ2n) is 8.54. The number of anilines is 2. The van der Waals surface area contributed by atoms with Gasteiger partial charge in [-0.1, -0.05) is 42.5 Å². The van der Waals surface area contributed by atoms with Crippen LogP contribution in [0.3, 0.4) is 0 Å². The zero-order valence-corrected chi connectivity index (χ0v) is 19.9. The number of amides is 2. The lowest BCUT2D eigenvalue weighted by molar-refractivity contribution is -0.118. The molecule has 1 atom stereocenters. The fourth-order valence-electron chi connectivity index (χ4n) is 3.91. The molecule has 1 heterocycles. The van der Waals surface area contributed by atoms with Crippen LogP contribution in [0.5, 0.6) is 0 Å². The van der Waals surface area contributed by atoms with Crippen LogP contribution in [0.25, 0.3) is 0 Å². The van der Waals surface area contributed by atoms with Crippen molar-refractivity contribution in [2.75, 3.05) is 10.6 Å². The van der Waals surface area contributed by atoms with Crippen molar-refractivity contribution in [1.82, 2.24) is 4.72 Å². The third kappa shape index (κ3) is 5.52. The predicted molar refractivity (Wildman–Crippen MR) is 132 cm³/mol. The van der Waals surface area contributed by atoms with Crippen LogP contribution in [0.1, 0.15) is 28.7 Å². The highest BCUT2D eigenvalue weighted by molar-refractivity contribution is 7.89. The maximum Gasteiger partial charge on any atom is 0.242 e. The summed E-state index contributed by atoms with van der Waals surface area (Å²) in [6.07, 6.45) is 0.960. The number of hydrogen-bond donors (Lipinski definition) is 3. The summed E-state index contributed by atoms with van der Waals surface area (Å²) in [5.41, 5.74) is 4.72. The molecule has 7 nitrogen and oxygen atoms in total. The van der Waals surface area contributed by atoms with Crippen molar-refractivity contribution in [2.24, 2.45) is 0 Å². The molecule has 1 aliphatic rings. The van der Waals surface area contributed by atoms with Crippen LogP contribution in [0.4, 0.5) is 11.4 Å². The monoisotopic (exact) mass is 477 g/mol. The molecule has 0 aliphatic carbocycles. The minimum Gasteiger partial charge on any atom is -0.326 e. The third-order valence-corrected chi connectivity index (χ3v) is 7.30. The molecule has 8 heteroatoms. The van der Waals surface area contributed by atoms with E-state index < -0.39 is 22.0 Å². The van der Waals surface area contributed by atoms with Gasteiger partial charge in [-0.3, -0.25) is 9.59 Å². The number of fused-ring (bicyclic) bond motifs is 1. The summed E-state index contributed by atoms with van der Waals surface area (Å²) in [4.78, 5) is 24.9. The Labute approximate surface area is 199 Å². The molecule has 0 saturated heterocycles. The average Bonchev–Trinajstić information content (AvgIpc) is 2.81. The van der Waals surface area contributed by atoms with Crippen molar-refractivity contribution in [1.29, 1.82) is 0 Å². The van der Waals surface area contributed by atoms with Gasteiger partial charge in [0.15, 0.2) is 0 Å². The number of benzene rings is 3. The molecule has 0 radical (unpaired) electrons. The molecule has 1 aliphatic heterocycles. The van der Waals surface area contributed by atoms with E-state index in [0.29, 0.717) is 24.2 Å². The smallest absolute Gasteiger partial charge is 0.242 e. The van der Waals surface area contributed by atoms with Crippen molar-refractivity contribution in [2.45, 2.75) is 44.0 Å². The number of carbonyl (C=O) groups excluding carboxylic acids is 2. The molecule has 0 fully saturated rings. The standard InChI is InChI=1S/C26H27N3O4S/c1-17-8-9-18(2)23(14-17)28-26(31)24(15-19-6-4-3-5-7-19)29-34(32,33)21-11-12-22-20(16-21)10-13-25(30)27-22/h3-9,11-12,14,16,24,29H,10,13,15H2,1-2H3,(H,27,30)(H,28,31). The van der Waals surface area contributed by atoms with E-state index >= 15 is 0 Å². The zero-order valence-electron chi connectivity index (χ0n) is 19.1. The molecule has 1 unspecified atom stereocenters. The van der Waals surface area contributed by atoms with Gasteiger partial charge in [-0.2, -0.15) is 4.72 Å². The Morgan fingerprint density at radius 1 is 1.00 bits per heavy atom. The number of sulfonamides is 1. The normalized spacial score (nSPS) is 14.1. The maximum atomic E-state index is 13.3. The van der Waals surface area contributed by atoms with Gasteiger partial charge in [0.1, 0.15) is 6.04 Å². The van der Waals surface area contributed by atoms with Crippen molar-refractivity contribution < 1.29 is 18.0 Å². The Hall–Kier alpha value is -3.49. The van der Waals surface area contributed by atoms with E-state index in [4.69, 9.17) is 0 Å². The zero-order chi connectivity index (χ0) is 24.3. The summed E-state index contributed by atoms with van der Waals surface area (Å²) in [6, 6.07) is 18.6. The van der Waals surface area contributed by atoms with Crippen LogP contribution < -0.4 is 15.4 Å². The van der Waals surface area contributed by atoms with Gasteiger partial charge in [0, 0.05) is 17.8 Å². The summed E-state index contributed by atoms with van der Waals surface area (Å²) >= 11 is 0. The van der Waals surface area contributed by atoms with E-state index in [0.717, 1.165) is 22.3 Å². The van der Waals surface area contributed by atoms with Crippen LogP contribution in [0, 0.1) is 13.8 Å². The Kier molecular flexibility index (Phi) is 6.81. The molecule has 3 N–H and O–H groups in total. The van der Waals surface area contributed by atoms with Crippen molar-refractivity contribution in [3.05, 3.63) is 89.0 Å². The highest BCUT2D eigenvalue weighted by Crippen LogP contribution is 2.26. The number of carbonyl (C=O) groups is 2. The van der Waals surface area contributed by atoms with E-state index in [1.165, 1.54) is 6.07 Å². The first-order valence-corrected chi connectivity index (χ1v) is 12.6. The highest BCUT2D eigenvalue weighted by Gasteiger charge is 2.28. The lowest BCUT2D eigenvalue weighted by Crippen LogP contribution is -2.45. The first-order valence-electron chi connectivity index (χ1n) is 11.1. The Morgan fingerprint density at radius 3 is 2.53 bits per heavy atom. The van der Waals surface area contributed by atoms with E-state index in [-0.39, 0.29) is 17.2 Å². The van der Waals surface area contributed by atoms with Gasteiger partial charge in [0.25, 0.3) is 0 Å². The first kappa shape index (κ1) is 23.7. The van der Waals surface area contributed by atoms with Crippen LogP contribution in [-0.2, 0) is 32.5 Å². The third-order valence-electron chi connectivity index (χ3n) is 5.83. The molecule has 0 saturated carbocycles. The quantitative estimate of drug-likeness (QED) is 0.482. The SMILES string of the molecule is Cc1ccc(C)c(NC(=O)C(Cc2ccccc2)NS(=O)(=O)c2ccc3c(c2)CCC(=O)N3)c1. The Balaban J connectivity index is 1.61. The van der Waals surface area contributed by atoms with Gasteiger partial charge >= 0.3 is 0 Å². The second-order valence-corrected chi connectivity index (χ2v) is 10.3. The second kappa shape index (κ2) is 9.79. The van der Waals surface area contributed by atoms with Gasteiger partial charge in [0.2, 0.25) is 21.8 Å². The van der Waals surface area contributed by atoms with Crippen LogP contribution >= 0.6 is 0 Å². The summed E-state index contributed by atoms with van der Waals surface area (Å²) in [5, 5.41) is 5.64. The molecule has 176 valence electrons. The lowest BCUT2D eigenvalue weighted by Gasteiger charge is -2.21. The van der Waals surface area contributed by atoms with E-state index in [1.807, 2.05) is 62.4 Å². The minimum absolute atomic E-state index is 0.0556. The van der Waals surface area contributed by atoms with Crippen molar-refractivity contribution in [3.8, 4) is 0 Å². The topological polar surface area (TPSA) is 104 Å². The van der Waals surface area contributed by atoms with E-state index in [9.17, 15) is 18.0 Å². The lowest BCUT2D eigenvalue weighted by atomic mass is 10.0. The van der Waals surface area contributed by atoms with Gasteiger partial charge in [-0.25, -0.2) is 8.42 Å². The molecule has 0 bridgehead atoms. The number of nitrogens with one attached hydrogen (secondary N) is 3. The summed E-state index contributed by atoms with van der Waals surface area (Å²) < 4.78 is 29.2. The fraction of sp³-hybridized carbons (Fsp3) is 0.231. The molecule has 34 heavy (non-hydrogen) atoms. The molecule has 0 aromatic heterocycles. The molecule has 4 rings (SSSR count). The molecule has 2 amide bonds. The van der Waals surface area contributed by atoms with Gasteiger partial charge in [-0.05, 0) is 73.2 Å². The minimum atomic E-state index is -4.01. The molecule has 3 aromatic carbocycles. The van der Waals surface area contributed by atoms with Crippen molar-refractivity contribution in [3.63, 3.8) is 0 Å². The van der Waals surface area contributed by atoms with E-state index in [2.05, 4.69) is 15.4 Å². The van der Waals surface area contributed by atoms with Crippen LogP contribution in [0.15, 0.2) is 71.6 Å². The number of aryl methyl sites for hydroxylation is 3. The fourth-order valence-corrected chi connectivity index (χ4v) is 5.16. The maximum absolute atomic E-state index is 13.3. The number of hydrogen-bond acceptors (Lipinski definition) is 4. The number of rotatable bonds is 7. The molecule has 3 aromatic rings. The first-order chi connectivity index (χ1) is 16.2. The van der Waals surface area contributed by atoms with Gasteiger partial charge in [-0.15, -0.1) is 0 Å². The van der Waals surface area contributed by atoms with Crippen LogP contribution in [-0.4, -0.2) is 26.3 Å².